The zero-order valence-corrected chi connectivity index (χ0v) is 29.7. The summed E-state index contributed by atoms with van der Waals surface area (Å²) >= 11 is 0. The van der Waals surface area contributed by atoms with E-state index in [1.807, 2.05) is 0 Å². The average Bonchev–Trinajstić information content (AvgIpc) is 3.52. The van der Waals surface area contributed by atoms with E-state index in [4.69, 9.17) is 14.5 Å². The number of halogens is 6. The average molecular weight is 738 g/mol. The molecule has 4 aromatic carbocycles. The minimum atomic E-state index is -5.06. The molecule has 6 nitrogen and oxygen atoms in total. The summed E-state index contributed by atoms with van der Waals surface area (Å²) in [5.74, 6) is 0.740. The van der Waals surface area contributed by atoms with Gasteiger partial charge in [-0.3, -0.25) is 4.79 Å². The largest absolute Gasteiger partial charge is 0.497 e. The first-order chi connectivity index (χ1) is 25.3. The maximum Gasteiger partial charge on any atom is 0.416 e. The van der Waals surface area contributed by atoms with Crippen LogP contribution in [0.4, 0.5) is 26.3 Å². The van der Waals surface area contributed by atoms with E-state index in [9.17, 15) is 31.1 Å². The molecule has 0 spiro atoms. The van der Waals surface area contributed by atoms with Gasteiger partial charge in [-0.2, -0.15) is 26.3 Å². The van der Waals surface area contributed by atoms with Gasteiger partial charge >= 0.3 is 12.4 Å². The van der Waals surface area contributed by atoms with Crippen molar-refractivity contribution in [2.45, 2.75) is 64.3 Å². The molecule has 280 valence electrons. The summed E-state index contributed by atoms with van der Waals surface area (Å²) in [6.45, 7) is 2.70. The number of carbonyl (C=O) groups is 1. The molecule has 0 atom stereocenters. The molecule has 5 aromatic rings. The van der Waals surface area contributed by atoms with Crippen molar-refractivity contribution in [3.8, 4) is 45.4 Å². The van der Waals surface area contributed by atoms with Gasteiger partial charge in [0.2, 0.25) is 0 Å². The molecule has 0 aliphatic carbocycles. The summed E-state index contributed by atoms with van der Waals surface area (Å²) in [7, 11) is 3.01. The number of nitrogens with one attached hydrogen (secondary N) is 1. The monoisotopic (exact) mass is 737 g/mol. The van der Waals surface area contributed by atoms with E-state index in [0.717, 1.165) is 25.7 Å². The molecule has 1 N–H and O–H groups in total. The van der Waals surface area contributed by atoms with Gasteiger partial charge in [-0.15, -0.1) is 0 Å². The number of unbranched alkanes of at least 4 members (excludes halogenated alkanes) is 5. The van der Waals surface area contributed by atoms with Crippen molar-refractivity contribution in [2.75, 3.05) is 20.8 Å². The Bertz CT molecular complexity index is 1940. The molecule has 0 saturated heterocycles. The van der Waals surface area contributed by atoms with Crippen LogP contribution in [0.25, 0.3) is 33.9 Å². The van der Waals surface area contributed by atoms with E-state index in [-0.39, 0.29) is 29.9 Å². The fraction of sp³-hybridized carbons (Fsp3) is 0.317. The van der Waals surface area contributed by atoms with Crippen LogP contribution in [0.5, 0.6) is 11.5 Å². The van der Waals surface area contributed by atoms with E-state index in [1.54, 1.807) is 77.4 Å². The molecular weight excluding hydrogens is 696 g/mol. The van der Waals surface area contributed by atoms with E-state index in [0.29, 0.717) is 63.8 Å². The second kappa shape index (κ2) is 17.0. The number of imidazole rings is 1. The van der Waals surface area contributed by atoms with Crippen molar-refractivity contribution < 1.29 is 40.6 Å². The first kappa shape index (κ1) is 39.0. The highest BCUT2D eigenvalue weighted by Crippen LogP contribution is 2.42. The molecule has 0 aliphatic heterocycles. The Morgan fingerprint density at radius 2 is 1.21 bits per heavy atom. The van der Waals surface area contributed by atoms with Gasteiger partial charge in [0.25, 0.3) is 5.91 Å². The number of nitrogens with zero attached hydrogens (tertiary/aromatic N) is 2. The predicted octanol–water partition coefficient (Wildman–Crippen LogP) is 11.1. The Hall–Kier alpha value is -5.26. The third kappa shape index (κ3) is 9.79. The SMILES string of the molecule is CCCCCCCCNC(=O)c1ccc(Cn2c(-c3cc(C(F)(F)F)cc(C(F)(F)F)c3)nc(-c3ccc(OC)cc3)c2-c2ccc(OC)cc2)cc1. The van der Waals surface area contributed by atoms with Crippen LogP contribution in [0.2, 0.25) is 0 Å². The summed E-state index contributed by atoms with van der Waals surface area (Å²) in [5, 5.41) is 2.94. The first-order valence-electron chi connectivity index (χ1n) is 17.4. The van der Waals surface area contributed by atoms with Gasteiger partial charge in [0.05, 0.1) is 36.7 Å². The Morgan fingerprint density at radius 3 is 1.74 bits per heavy atom. The summed E-state index contributed by atoms with van der Waals surface area (Å²) in [6, 6.07) is 21.9. The van der Waals surface area contributed by atoms with Gasteiger partial charge in [0, 0.05) is 35.3 Å². The van der Waals surface area contributed by atoms with Crippen LogP contribution in [0.1, 0.15) is 72.5 Å². The van der Waals surface area contributed by atoms with E-state index >= 15 is 0 Å². The van der Waals surface area contributed by atoms with E-state index in [1.165, 1.54) is 27.1 Å². The summed E-state index contributed by atoms with van der Waals surface area (Å²) in [6.07, 6.45) is -3.59. The predicted molar refractivity (Wildman–Crippen MR) is 193 cm³/mol. The summed E-state index contributed by atoms with van der Waals surface area (Å²) in [5.41, 5.74) is -0.310. The van der Waals surface area contributed by atoms with Crippen LogP contribution in [-0.2, 0) is 18.9 Å². The number of aromatic nitrogens is 2. The third-order valence-electron chi connectivity index (χ3n) is 8.91. The smallest absolute Gasteiger partial charge is 0.416 e. The maximum absolute atomic E-state index is 14.1. The molecule has 0 saturated carbocycles. The van der Waals surface area contributed by atoms with Gasteiger partial charge in [0.15, 0.2) is 0 Å². The molecule has 1 aromatic heterocycles. The van der Waals surface area contributed by atoms with Gasteiger partial charge in [-0.05, 0) is 90.8 Å². The first-order valence-corrected chi connectivity index (χ1v) is 17.4. The standard InChI is InChI=1S/C41H41F6N3O3/c1-4-5-6-7-8-9-22-48-39(51)30-12-10-27(11-13-30)26-50-37(29-16-20-35(53-3)21-17-29)36(28-14-18-34(52-2)19-15-28)49-38(50)31-23-32(40(42,43)44)25-33(24-31)41(45,46)47/h10-21,23-25H,4-9,22,26H2,1-3H3,(H,48,51). The molecule has 5 rings (SSSR count). The van der Waals surface area contributed by atoms with Crippen molar-refractivity contribution >= 4 is 5.91 Å². The van der Waals surface area contributed by atoms with Gasteiger partial charge in [-0.25, -0.2) is 4.98 Å². The van der Waals surface area contributed by atoms with Crippen LogP contribution in [0.3, 0.4) is 0 Å². The highest BCUT2D eigenvalue weighted by molar-refractivity contribution is 5.94. The maximum atomic E-state index is 14.1. The van der Waals surface area contributed by atoms with Crippen LogP contribution < -0.4 is 14.8 Å². The normalized spacial score (nSPS) is 11.8. The molecule has 0 aliphatic rings. The topological polar surface area (TPSA) is 65.4 Å². The second-order valence-electron chi connectivity index (χ2n) is 12.7. The van der Waals surface area contributed by atoms with Crippen LogP contribution >= 0.6 is 0 Å². The number of benzene rings is 4. The molecule has 0 radical (unpaired) electrons. The minimum Gasteiger partial charge on any atom is -0.497 e. The van der Waals surface area contributed by atoms with Crippen LogP contribution in [-0.4, -0.2) is 36.2 Å². The number of amides is 1. The molecule has 53 heavy (non-hydrogen) atoms. The molecule has 12 heteroatoms. The molecule has 1 heterocycles. The Morgan fingerprint density at radius 1 is 0.679 bits per heavy atom. The fourth-order valence-corrected chi connectivity index (χ4v) is 6.06. The lowest BCUT2D eigenvalue weighted by Gasteiger charge is -2.17. The highest BCUT2D eigenvalue weighted by atomic mass is 19.4. The van der Waals surface area contributed by atoms with Gasteiger partial charge < -0.3 is 19.4 Å². The van der Waals surface area contributed by atoms with Crippen molar-refractivity contribution in [1.29, 1.82) is 0 Å². The number of hydrogen-bond acceptors (Lipinski definition) is 4. The molecular formula is C41H41F6N3O3. The summed E-state index contributed by atoms with van der Waals surface area (Å²) in [4.78, 5) is 17.7. The lowest BCUT2D eigenvalue weighted by Crippen LogP contribution is -2.24. The van der Waals surface area contributed by atoms with Crippen LogP contribution in [0.15, 0.2) is 91.0 Å². The Kier molecular flexibility index (Phi) is 12.5. The van der Waals surface area contributed by atoms with Crippen molar-refractivity contribution in [3.63, 3.8) is 0 Å². The zero-order chi connectivity index (χ0) is 38.2. The Labute approximate surface area is 304 Å². The van der Waals surface area contributed by atoms with Gasteiger partial charge in [-0.1, -0.05) is 51.2 Å². The summed E-state index contributed by atoms with van der Waals surface area (Å²) < 4.78 is 96.7. The Balaban J connectivity index is 1.62. The lowest BCUT2D eigenvalue weighted by atomic mass is 10.0. The second-order valence-corrected chi connectivity index (χ2v) is 12.7. The highest BCUT2D eigenvalue weighted by Gasteiger charge is 2.38. The number of rotatable bonds is 15. The number of alkyl halides is 6. The lowest BCUT2D eigenvalue weighted by molar-refractivity contribution is -0.143. The number of methoxy groups -OCH3 is 2. The minimum absolute atomic E-state index is 0.00287. The zero-order valence-electron chi connectivity index (χ0n) is 29.7. The fourth-order valence-electron chi connectivity index (χ4n) is 6.06. The number of hydrogen-bond donors (Lipinski definition) is 1. The van der Waals surface area contributed by atoms with E-state index < -0.39 is 23.5 Å². The number of carbonyl (C=O) groups excluding carboxylic acids is 1. The molecule has 0 bridgehead atoms. The van der Waals surface area contributed by atoms with Crippen LogP contribution in [0, 0.1) is 0 Å². The quantitative estimate of drug-likeness (QED) is 0.0858. The van der Waals surface area contributed by atoms with Crippen molar-refractivity contribution in [2.24, 2.45) is 0 Å². The van der Waals surface area contributed by atoms with E-state index in [2.05, 4.69) is 12.2 Å². The molecule has 0 unspecified atom stereocenters. The number of ether oxygens (including phenoxy) is 2. The molecule has 0 fully saturated rings. The van der Waals surface area contributed by atoms with Crippen molar-refractivity contribution in [1.82, 2.24) is 14.9 Å². The van der Waals surface area contributed by atoms with Crippen molar-refractivity contribution in [3.05, 3.63) is 113 Å². The molecule has 1 amide bonds. The van der Waals surface area contributed by atoms with Gasteiger partial charge in [0.1, 0.15) is 17.3 Å². The third-order valence-corrected chi connectivity index (χ3v) is 8.91.